The molecule has 0 saturated carbocycles. The van der Waals surface area contributed by atoms with Crippen molar-refractivity contribution in [3.63, 3.8) is 0 Å². The molecule has 0 fully saturated rings. The zero-order valence-electron chi connectivity index (χ0n) is 5.78. The van der Waals surface area contributed by atoms with Crippen molar-refractivity contribution in [1.82, 2.24) is 4.98 Å². The number of anilines is 1. The zero-order valence-corrected chi connectivity index (χ0v) is 5.78. The number of nitrogens with zero attached hydrogens (tertiary/aromatic N) is 2. The third-order valence-corrected chi connectivity index (χ3v) is 0.973. The molecule has 0 aliphatic heterocycles. The molecule has 0 bridgehead atoms. The van der Waals surface area contributed by atoms with Gasteiger partial charge >= 0.3 is 0 Å². The average Bonchev–Trinajstić information content (AvgIpc) is 2.03. The molecule has 0 saturated heterocycles. The minimum Gasteiger partial charge on any atom is -0.262 e. The van der Waals surface area contributed by atoms with E-state index in [4.69, 9.17) is 0 Å². The molecule has 0 aliphatic rings. The van der Waals surface area contributed by atoms with Crippen LogP contribution in [-0.2, 0) is 0 Å². The quantitative estimate of drug-likeness (QED) is 0.493. The first-order valence-electron chi connectivity index (χ1n) is 3.08. The van der Waals surface area contributed by atoms with Gasteiger partial charge in [-0.2, -0.15) is 5.10 Å². The second-order valence-corrected chi connectivity index (χ2v) is 1.71. The summed E-state index contributed by atoms with van der Waals surface area (Å²) in [6.07, 6.45) is 3.39. The first kappa shape index (κ1) is 6.74. The Kier molecular flexibility index (Phi) is 2.43. The Labute approximate surface area is 59.8 Å². The Bertz CT molecular complexity index is 205. The molecule has 1 heterocycles. The molecule has 3 nitrogen and oxygen atoms in total. The van der Waals surface area contributed by atoms with Gasteiger partial charge in [-0.25, -0.2) is 4.98 Å². The lowest BCUT2D eigenvalue weighted by molar-refractivity contribution is 1.23. The fourth-order valence-electron chi connectivity index (χ4n) is 0.560. The van der Waals surface area contributed by atoms with E-state index >= 15 is 0 Å². The number of hydrogen-bond acceptors (Lipinski definition) is 3. The minimum absolute atomic E-state index is 0.764. The molecule has 0 radical (unpaired) electrons. The van der Waals surface area contributed by atoms with E-state index in [0.29, 0.717) is 0 Å². The molecule has 0 aliphatic carbocycles. The van der Waals surface area contributed by atoms with Gasteiger partial charge in [-0.15, -0.1) is 0 Å². The second-order valence-electron chi connectivity index (χ2n) is 1.71. The molecule has 3 heteroatoms. The highest BCUT2D eigenvalue weighted by atomic mass is 15.3. The van der Waals surface area contributed by atoms with Crippen LogP contribution in [0.4, 0.5) is 5.82 Å². The van der Waals surface area contributed by atoms with Crippen molar-refractivity contribution in [2.45, 2.75) is 6.92 Å². The fraction of sp³-hybridized carbons (Fsp3) is 0.143. The molecule has 1 aromatic rings. The normalized spacial score (nSPS) is 10.1. The van der Waals surface area contributed by atoms with Crippen molar-refractivity contribution in [2.75, 3.05) is 5.43 Å². The van der Waals surface area contributed by atoms with E-state index in [9.17, 15) is 0 Å². The van der Waals surface area contributed by atoms with Crippen LogP contribution in [0.5, 0.6) is 0 Å². The molecule has 0 unspecified atom stereocenters. The highest BCUT2D eigenvalue weighted by molar-refractivity contribution is 5.55. The smallest absolute Gasteiger partial charge is 0.146 e. The third kappa shape index (κ3) is 1.85. The van der Waals surface area contributed by atoms with Gasteiger partial charge in [0, 0.05) is 12.4 Å². The predicted octanol–water partition coefficient (Wildman–Crippen LogP) is 1.50. The van der Waals surface area contributed by atoms with Crippen molar-refractivity contribution in [2.24, 2.45) is 5.10 Å². The van der Waals surface area contributed by atoms with E-state index in [1.807, 2.05) is 25.1 Å². The minimum atomic E-state index is 0.764. The van der Waals surface area contributed by atoms with Gasteiger partial charge in [0.05, 0.1) is 0 Å². The van der Waals surface area contributed by atoms with Crippen LogP contribution in [0.25, 0.3) is 0 Å². The molecule has 52 valence electrons. The topological polar surface area (TPSA) is 37.3 Å². The van der Waals surface area contributed by atoms with E-state index in [1.54, 1.807) is 12.4 Å². The Morgan fingerprint density at radius 1 is 1.60 bits per heavy atom. The average molecular weight is 135 g/mol. The summed E-state index contributed by atoms with van der Waals surface area (Å²) in [6.45, 7) is 1.84. The maximum absolute atomic E-state index is 3.99. The van der Waals surface area contributed by atoms with Gasteiger partial charge < -0.3 is 0 Å². The Morgan fingerprint density at radius 3 is 3.10 bits per heavy atom. The number of hydrazone groups is 1. The molecule has 1 rings (SSSR count). The summed E-state index contributed by atoms with van der Waals surface area (Å²) in [7, 11) is 0. The molecule has 10 heavy (non-hydrogen) atoms. The molecule has 1 aromatic heterocycles. The lowest BCUT2D eigenvalue weighted by atomic mass is 10.5. The summed E-state index contributed by atoms with van der Waals surface area (Å²) < 4.78 is 0. The predicted molar refractivity (Wildman–Crippen MR) is 42.0 cm³/mol. The summed E-state index contributed by atoms with van der Waals surface area (Å²) in [5, 5.41) is 3.80. The van der Waals surface area contributed by atoms with Crippen LogP contribution in [0.1, 0.15) is 6.92 Å². The largest absolute Gasteiger partial charge is 0.262 e. The first-order valence-corrected chi connectivity index (χ1v) is 3.08. The van der Waals surface area contributed by atoms with Gasteiger partial charge in [0.1, 0.15) is 5.82 Å². The Balaban J connectivity index is 2.59. The number of aromatic nitrogens is 1. The maximum Gasteiger partial charge on any atom is 0.146 e. The van der Waals surface area contributed by atoms with Crippen LogP contribution in [0.2, 0.25) is 0 Å². The molecule has 0 atom stereocenters. The highest BCUT2D eigenvalue weighted by Crippen LogP contribution is 1.97. The SMILES string of the molecule is CC=NNc1ccccn1. The zero-order chi connectivity index (χ0) is 7.23. The van der Waals surface area contributed by atoms with Crippen molar-refractivity contribution < 1.29 is 0 Å². The van der Waals surface area contributed by atoms with Gasteiger partial charge in [-0.1, -0.05) is 6.07 Å². The van der Waals surface area contributed by atoms with E-state index in [1.165, 1.54) is 0 Å². The monoisotopic (exact) mass is 135 g/mol. The lowest BCUT2D eigenvalue weighted by Crippen LogP contribution is -1.89. The molecule has 0 spiro atoms. The van der Waals surface area contributed by atoms with Crippen LogP contribution in [-0.4, -0.2) is 11.2 Å². The van der Waals surface area contributed by atoms with Gasteiger partial charge in [0.2, 0.25) is 0 Å². The number of rotatable bonds is 2. The van der Waals surface area contributed by atoms with Crippen molar-refractivity contribution in [1.29, 1.82) is 0 Å². The maximum atomic E-state index is 3.99. The summed E-state index contributed by atoms with van der Waals surface area (Å²) in [6, 6.07) is 5.62. The van der Waals surface area contributed by atoms with Gasteiger partial charge in [0.25, 0.3) is 0 Å². The summed E-state index contributed by atoms with van der Waals surface area (Å²) in [4.78, 5) is 3.99. The van der Waals surface area contributed by atoms with Gasteiger partial charge in [0.15, 0.2) is 0 Å². The lowest BCUT2D eigenvalue weighted by Gasteiger charge is -1.94. The Hall–Kier alpha value is -1.38. The van der Waals surface area contributed by atoms with Crippen molar-refractivity contribution >= 4 is 12.0 Å². The first-order chi connectivity index (χ1) is 4.93. The number of nitrogens with one attached hydrogen (secondary N) is 1. The standard InChI is InChI=1S/C7H9N3/c1-2-9-10-7-5-3-4-6-8-7/h2-6H,1H3,(H,8,10). The van der Waals surface area contributed by atoms with E-state index in [0.717, 1.165) is 5.82 Å². The summed E-state index contributed by atoms with van der Waals surface area (Å²) >= 11 is 0. The van der Waals surface area contributed by atoms with Crippen LogP contribution < -0.4 is 5.43 Å². The summed E-state index contributed by atoms with van der Waals surface area (Å²) in [5.41, 5.74) is 2.75. The number of pyridine rings is 1. The number of hydrogen-bond donors (Lipinski definition) is 1. The molecular weight excluding hydrogens is 126 g/mol. The van der Waals surface area contributed by atoms with Crippen LogP contribution in [0.15, 0.2) is 29.5 Å². The van der Waals surface area contributed by atoms with E-state index < -0.39 is 0 Å². The molecule has 0 amide bonds. The molecule has 1 N–H and O–H groups in total. The third-order valence-electron chi connectivity index (χ3n) is 0.973. The molecular formula is C7H9N3. The van der Waals surface area contributed by atoms with Crippen LogP contribution in [0, 0.1) is 0 Å². The fourth-order valence-corrected chi connectivity index (χ4v) is 0.560. The second kappa shape index (κ2) is 3.61. The van der Waals surface area contributed by atoms with E-state index in [2.05, 4.69) is 15.5 Å². The Morgan fingerprint density at radius 2 is 2.50 bits per heavy atom. The van der Waals surface area contributed by atoms with E-state index in [-0.39, 0.29) is 0 Å². The van der Waals surface area contributed by atoms with Crippen molar-refractivity contribution in [3.05, 3.63) is 24.4 Å². The summed E-state index contributed by atoms with van der Waals surface area (Å²) in [5.74, 6) is 0.764. The highest BCUT2D eigenvalue weighted by Gasteiger charge is 1.83. The van der Waals surface area contributed by atoms with Crippen molar-refractivity contribution in [3.8, 4) is 0 Å². The van der Waals surface area contributed by atoms with Gasteiger partial charge in [-0.05, 0) is 19.1 Å². The van der Waals surface area contributed by atoms with Crippen LogP contribution >= 0.6 is 0 Å². The van der Waals surface area contributed by atoms with Crippen LogP contribution in [0.3, 0.4) is 0 Å². The van der Waals surface area contributed by atoms with Gasteiger partial charge in [-0.3, -0.25) is 5.43 Å². The molecule has 0 aromatic carbocycles.